The fraction of sp³-hybridized carbons (Fsp3) is 0.333. The third-order valence-corrected chi connectivity index (χ3v) is 6.78. The minimum Gasteiger partial charge on any atom is -0.494 e. The van der Waals surface area contributed by atoms with E-state index in [9.17, 15) is 18.0 Å². The van der Waals surface area contributed by atoms with Gasteiger partial charge in [-0.1, -0.05) is 13.8 Å². The first kappa shape index (κ1) is 22.6. The number of sulfonamides is 1. The zero-order valence-electron chi connectivity index (χ0n) is 17.6. The van der Waals surface area contributed by atoms with Gasteiger partial charge in [-0.3, -0.25) is 9.36 Å². The molecule has 0 aliphatic heterocycles. The van der Waals surface area contributed by atoms with Gasteiger partial charge in [0, 0.05) is 24.8 Å². The molecule has 1 amide bonds. The Hall–Kier alpha value is -3.11. The number of carbonyl (C=O) groups excluding carboxylic acids is 1. The molecule has 0 aliphatic rings. The van der Waals surface area contributed by atoms with Gasteiger partial charge >= 0.3 is 5.76 Å². The Morgan fingerprint density at radius 1 is 1.10 bits per heavy atom. The van der Waals surface area contributed by atoms with E-state index in [0.717, 1.165) is 4.57 Å². The van der Waals surface area contributed by atoms with Crippen LogP contribution in [0.3, 0.4) is 0 Å². The molecule has 0 unspecified atom stereocenters. The lowest BCUT2D eigenvalue weighted by Gasteiger charge is -2.18. The fourth-order valence-corrected chi connectivity index (χ4v) is 4.69. The van der Waals surface area contributed by atoms with Crippen LogP contribution in [0.4, 0.5) is 5.69 Å². The molecule has 0 bridgehead atoms. The fourth-order valence-electron chi connectivity index (χ4n) is 3.21. The first-order chi connectivity index (χ1) is 14.8. The molecule has 31 heavy (non-hydrogen) atoms. The molecule has 0 aliphatic carbocycles. The molecular weight excluding hydrogens is 422 g/mol. The van der Waals surface area contributed by atoms with E-state index in [1.807, 2.05) is 6.92 Å². The summed E-state index contributed by atoms with van der Waals surface area (Å²) in [4.78, 5) is 24.8. The lowest BCUT2D eigenvalue weighted by atomic mass is 10.3. The number of benzene rings is 2. The van der Waals surface area contributed by atoms with E-state index in [2.05, 4.69) is 5.32 Å². The first-order valence-electron chi connectivity index (χ1n) is 9.96. The second-order valence-electron chi connectivity index (χ2n) is 6.68. The van der Waals surface area contributed by atoms with E-state index < -0.39 is 21.7 Å². The highest BCUT2D eigenvalue weighted by Crippen LogP contribution is 2.22. The van der Waals surface area contributed by atoms with Crippen molar-refractivity contribution >= 4 is 32.7 Å². The van der Waals surface area contributed by atoms with E-state index >= 15 is 0 Å². The number of hydrogen-bond acceptors (Lipinski definition) is 6. The first-order valence-corrected chi connectivity index (χ1v) is 11.4. The van der Waals surface area contributed by atoms with Crippen molar-refractivity contribution in [2.24, 2.45) is 0 Å². The van der Waals surface area contributed by atoms with Crippen molar-refractivity contribution in [3.05, 3.63) is 53.0 Å². The topological polar surface area (TPSA) is 111 Å². The highest BCUT2D eigenvalue weighted by Gasteiger charge is 2.23. The van der Waals surface area contributed by atoms with Gasteiger partial charge in [-0.2, -0.15) is 4.31 Å². The van der Waals surface area contributed by atoms with Gasteiger partial charge in [0.25, 0.3) is 0 Å². The van der Waals surface area contributed by atoms with Crippen LogP contribution in [0.25, 0.3) is 11.1 Å². The maximum Gasteiger partial charge on any atom is 0.420 e. The Balaban J connectivity index is 1.82. The highest BCUT2D eigenvalue weighted by atomic mass is 32.2. The Kier molecular flexibility index (Phi) is 6.81. The molecule has 0 radical (unpaired) electrons. The van der Waals surface area contributed by atoms with Gasteiger partial charge in [-0.25, -0.2) is 13.2 Å². The predicted molar refractivity (Wildman–Crippen MR) is 117 cm³/mol. The largest absolute Gasteiger partial charge is 0.494 e. The normalized spacial score (nSPS) is 11.7. The van der Waals surface area contributed by atoms with Crippen molar-refractivity contribution in [3.63, 3.8) is 0 Å². The van der Waals surface area contributed by atoms with E-state index in [-0.39, 0.29) is 17.0 Å². The predicted octanol–water partition coefficient (Wildman–Crippen LogP) is 2.66. The monoisotopic (exact) mass is 447 g/mol. The number of amides is 1. The van der Waals surface area contributed by atoms with Crippen molar-refractivity contribution in [1.29, 1.82) is 0 Å². The number of nitrogens with zero attached hydrogens (tertiary/aromatic N) is 2. The van der Waals surface area contributed by atoms with Gasteiger partial charge in [0.2, 0.25) is 15.9 Å². The lowest BCUT2D eigenvalue weighted by molar-refractivity contribution is -0.116. The molecule has 3 aromatic rings. The van der Waals surface area contributed by atoms with Crippen LogP contribution in [0, 0.1) is 0 Å². The van der Waals surface area contributed by atoms with Gasteiger partial charge < -0.3 is 14.5 Å². The summed E-state index contributed by atoms with van der Waals surface area (Å²) >= 11 is 0. The molecule has 2 aromatic carbocycles. The SMILES string of the molecule is CCOc1ccc(NC(=O)Cn2c(=O)oc3cc(S(=O)(=O)N(CC)CC)ccc32)cc1. The second-order valence-corrected chi connectivity index (χ2v) is 8.62. The number of fused-ring (bicyclic) bond motifs is 1. The van der Waals surface area contributed by atoms with E-state index in [1.54, 1.807) is 38.1 Å². The molecule has 1 aromatic heterocycles. The summed E-state index contributed by atoms with van der Waals surface area (Å²) in [5.41, 5.74) is 0.999. The average Bonchev–Trinajstić information content (AvgIpc) is 3.04. The van der Waals surface area contributed by atoms with Crippen LogP contribution in [0.1, 0.15) is 20.8 Å². The molecule has 9 nitrogen and oxygen atoms in total. The molecular formula is C21H25N3O6S. The zero-order chi connectivity index (χ0) is 22.6. The van der Waals surface area contributed by atoms with E-state index in [1.165, 1.54) is 22.5 Å². The minimum atomic E-state index is -3.70. The Morgan fingerprint density at radius 2 is 1.77 bits per heavy atom. The maximum absolute atomic E-state index is 12.7. The van der Waals surface area contributed by atoms with Gasteiger partial charge in [0.1, 0.15) is 12.3 Å². The Morgan fingerprint density at radius 3 is 2.39 bits per heavy atom. The van der Waals surface area contributed by atoms with Crippen LogP contribution in [-0.4, -0.2) is 42.9 Å². The second kappa shape index (κ2) is 9.36. The molecule has 0 atom stereocenters. The summed E-state index contributed by atoms with van der Waals surface area (Å²) in [6, 6.07) is 11.1. The van der Waals surface area contributed by atoms with Crippen LogP contribution in [0.2, 0.25) is 0 Å². The summed E-state index contributed by atoms with van der Waals surface area (Å²) in [7, 11) is -3.70. The third kappa shape index (κ3) is 4.80. The summed E-state index contributed by atoms with van der Waals surface area (Å²) in [5, 5.41) is 2.71. The highest BCUT2D eigenvalue weighted by molar-refractivity contribution is 7.89. The smallest absolute Gasteiger partial charge is 0.420 e. The average molecular weight is 448 g/mol. The standard InChI is InChI=1S/C21H25N3O6S/c1-4-23(5-2)31(27,28)17-11-12-18-19(13-17)30-21(26)24(18)14-20(25)22-15-7-9-16(10-8-15)29-6-3/h7-13H,4-6,14H2,1-3H3,(H,22,25). The summed E-state index contributed by atoms with van der Waals surface area (Å²) in [6.45, 7) is 6.30. The number of aromatic nitrogens is 1. The summed E-state index contributed by atoms with van der Waals surface area (Å²) in [6.07, 6.45) is 0. The molecule has 1 heterocycles. The quantitative estimate of drug-likeness (QED) is 0.540. The van der Waals surface area contributed by atoms with E-state index in [0.29, 0.717) is 36.6 Å². The van der Waals surface area contributed by atoms with Crippen LogP contribution >= 0.6 is 0 Å². The maximum atomic E-state index is 12.7. The zero-order valence-corrected chi connectivity index (χ0v) is 18.4. The molecule has 166 valence electrons. The number of carbonyl (C=O) groups is 1. The number of hydrogen-bond donors (Lipinski definition) is 1. The number of oxazole rings is 1. The van der Waals surface area contributed by atoms with Crippen molar-refractivity contribution in [3.8, 4) is 5.75 Å². The summed E-state index contributed by atoms with van der Waals surface area (Å²) in [5.74, 6) is -0.476. The van der Waals surface area contributed by atoms with Gasteiger partial charge in [-0.15, -0.1) is 0 Å². The van der Waals surface area contributed by atoms with Gasteiger partial charge in [0.15, 0.2) is 5.58 Å². The van der Waals surface area contributed by atoms with Crippen LogP contribution in [-0.2, 0) is 21.4 Å². The molecule has 1 N–H and O–H groups in total. The number of anilines is 1. The van der Waals surface area contributed by atoms with Crippen LogP contribution in [0.15, 0.2) is 56.6 Å². The van der Waals surface area contributed by atoms with Crippen LogP contribution < -0.4 is 15.8 Å². The molecule has 10 heteroatoms. The number of nitrogens with one attached hydrogen (secondary N) is 1. The molecule has 3 rings (SSSR count). The lowest BCUT2D eigenvalue weighted by Crippen LogP contribution is -2.30. The van der Waals surface area contributed by atoms with Crippen molar-refractivity contribution in [1.82, 2.24) is 8.87 Å². The number of ether oxygens (including phenoxy) is 1. The molecule has 0 saturated carbocycles. The molecule has 0 fully saturated rings. The van der Waals surface area contributed by atoms with Crippen LogP contribution in [0.5, 0.6) is 5.75 Å². The summed E-state index contributed by atoms with van der Waals surface area (Å²) < 4.78 is 38.4. The molecule has 0 spiro atoms. The minimum absolute atomic E-state index is 0.0310. The third-order valence-electron chi connectivity index (χ3n) is 4.73. The van der Waals surface area contributed by atoms with E-state index in [4.69, 9.17) is 9.15 Å². The number of rotatable bonds is 9. The van der Waals surface area contributed by atoms with Gasteiger partial charge in [0.05, 0.1) is 17.0 Å². The van der Waals surface area contributed by atoms with Crippen molar-refractivity contribution < 1.29 is 22.4 Å². The molecule has 0 saturated heterocycles. The van der Waals surface area contributed by atoms with Crippen molar-refractivity contribution in [2.45, 2.75) is 32.2 Å². The van der Waals surface area contributed by atoms with Crippen molar-refractivity contribution in [2.75, 3.05) is 25.0 Å². The Bertz CT molecular complexity index is 1220. The van der Waals surface area contributed by atoms with Gasteiger partial charge in [-0.05, 0) is 43.3 Å². The Labute approximate surface area is 180 Å².